The van der Waals surface area contributed by atoms with Gasteiger partial charge in [-0.05, 0) is 62.6 Å². The molecule has 2 atom stereocenters. The maximum absolute atomic E-state index is 12.2. The topological polar surface area (TPSA) is 60.0 Å². The Bertz CT molecular complexity index is 675. The van der Waals surface area contributed by atoms with Crippen LogP contribution >= 0.6 is 0 Å². The van der Waals surface area contributed by atoms with Gasteiger partial charge in [0.25, 0.3) is 0 Å². The molecule has 1 N–H and O–H groups in total. The van der Waals surface area contributed by atoms with Gasteiger partial charge in [0.1, 0.15) is 19.0 Å². The predicted molar refractivity (Wildman–Crippen MR) is 111 cm³/mol. The number of ether oxygens (including phenoxy) is 3. The molecule has 0 aromatic heterocycles. The summed E-state index contributed by atoms with van der Waals surface area (Å²) in [6.45, 7) is 3.29. The van der Waals surface area contributed by atoms with Gasteiger partial charge in [-0.1, -0.05) is 18.2 Å². The Balaban J connectivity index is 1.51. The number of nitrogens with one attached hydrogen (secondary N) is 1. The molecule has 1 aromatic rings. The van der Waals surface area contributed by atoms with E-state index >= 15 is 0 Å². The summed E-state index contributed by atoms with van der Waals surface area (Å²) in [5, 5.41) is 3.18. The van der Waals surface area contributed by atoms with Crippen molar-refractivity contribution in [3.05, 3.63) is 29.8 Å². The first-order valence-electron chi connectivity index (χ1n) is 11.1. The van der Waals surface area contributed by atoms with E-state index in [-0.39, 0.29) is 24.6 Å². The second-order valence-electron chi connectivity index (χ2n) is 8.55. The molecule has 1 amide bonds. The molecule has 6 nitrogen and oxygen atoms in total. The Morgan fingerprint density at radius 2 is 2.00 bits per heavy atom. The van der Waals surface area contributed by atoms with E-state index in [4.69, 9.17) is 14.2 Å². The standard InChI is InChI=1S/C23H34N2O4/c1-27-16-23(26)24-20-6-4-12-25-13-14-28-22-7-3-2-5-19(22)17-8-10-18(11-9-17)29-15-21(20)25/h2-3,5,7,17-18,20-21H,4,6,8-16H2,1H3,(H,24,26)/t17?,18?,20-,21-/m0/s1. The molecule has 0 unspecified atom stereocenters. The summed E-state index contributed by atoms with van der Waals surface area (Å²) in [5.41, 5.74) is 1.35. The van der Waals surface area contributed by atoms with Crippen LogP contribution in [0.4, 0.5) is 0 Å². The van der Waals surface area contributed by atoms with Gasteiger partial charge in [-0.25, -0.2) is 0 Å². The van der Waals surface area contributed by atoms with Crippen LogP contribution in [0.5, 0.6) is 5.75 Å². The van der Waals surface area contributed by atoms with Crippen molar-refractivity contribution in [1.82, 2.24) is 10.2 Å². The van der Waals surface area contributed by atoms with Crippen molar-refractivity contribution in [3.8, 4) is 5.75 Å². The predicted octanol–water partition coefficient (Wildman–Crippen LogP) is 2.72. The molecule has 2 bridgehead atoms. The number of amides is 1. The third kappa shape index (κ3) is 5.11. The first kappa shape index (κ1) is 20.6. The van der Waals surface area contributed by atoms with Crippen molar-refractivity contribution >= 4 is 5.91 Å². The zero-order chi connectivity index (χ0) is 20.1. The molecule has 160 valence electrons. The van der Waals surface area contributed by atoms with Crippen LogP contribution in [0.25, 0.3) is 0 Å². The SMILES string of the molecule is COCC(=O)N[C@H]1CCCN2CCOc3ccccc3C3CCC(CC3)OC[C@@H]12. The summed E-state index contributed by atoms with van der Waals surface area (Å²) < 4.78 is 17.7. The number of fused-ring (bicyclic) bond motifs is 5. The van der Waals surface area contributed by atoms with E-state index in [1.165, 1.54) is 5.56 Å². The number of hydrogen-bond donors (Lipinski definition) is 1. The van der Waals surface area contributed by atoms with Crippen molar-refractivity contribution in [2.24, 2.45) is 0 Å². The molecule has 1 aliphatic carbocycles. The summed E-state index contributed by atoms with van der Waals surface area (Å²) in [4.78, 5) is 14.6. The Labute approximate surface area is 173 Å². The minimum absolute atomic E-state index is 0.0482. The first-order chi connectivity index (χ1) is 14.2. The minimum atomic E-state index is -0.0482. The van der Waals surface area contributed by atoms with Crippen molar-refractivity contribution in [2.75, 3.05) is 40.0 Å². The van der Waals surface area contributed by atoms with E-state index < -0.39 is 0 Å². The average molecular weight is 403 g/mol. The highest BCUT2D eigenvalue weighted by molar-refractivity contribution is 5.77. The van der Waals surface area contributed by atoms with Crippen molar-refractivity contribution in [1.29, 1.82) is 0 Å². The van der Waals surface area contributed by atoms with Crippen LogP contribution in [0.3, 0.4) is 0 Å². The number of hydrogen-bond acceptors (Lipinski definition) is 5. The highest BCUT2D eigenvalue weighted by Gasteiger charge is 2.34. The van der Waals surface area contributed by atoms with Crippen LogP contribution in [0.2, 0.25) is 0 Å². The maximum atomic E-state index is 12.2. The van der Waals surface area contributed by atoms with Gasteiger partial charge in [-0.3, -0.25) is 9.69 Å². The summed E-state index contributed by atoms with van der Waals surface area (Å²) in [6.07, 6.45) is 6.84. The lowest BCUT2D eigenvalue weighted by molar-refractivity contribution is -0.126. The van der Waals surface area contributed by atoms with E-state index in [1.54, 1.807) is 7.11 Å². The average Bonchev–Trinajstić information content (AvgIpc) is 2.76. The first-order valence-corrected chi connectivity index (χ1v) is 11.1. The van der Waals surface area contributed by atoms with Crippen molar-refractivity contribution in [3.63, 3.8) is 0 Å². The molecule has 3 heterocycles. The normalized spacial score (nSPS) is 30.7. The fourth-order valence-corrected chi connectivity index (χ4v) is 5.17. The molecule has 29 heavy (non-hydrogen) atoms. The molecule has 0 radical (unpaired) electrons. The van der Waals surface area contributed by atoms with Crippen LogP contribution < -0.4 is 10.1 Å². The lowest BCUT2D eigenvalue weighted by Gasteiger charge is -2.42. The van der Waals surface area contributed by atoms with E-state index in [1.807, 2.05) is 0 Å². The second kappa shape index (κ2) is 9.92. The number of rotatable bonds is 3. The zero-order valence-corrected chi connectivity index (χ0v) is 17.5. The van der Waals surface area contributed by atoms with E-state index in [9.17, 15) is 4.79 Å². The third-order valence-corrected chi connectivity index (χ3v) is 6.69. The molecule has 1 saturated carbocycles. The summed E-state index contributed by atoms with van der Waals surface area (Å²) in [6, 6.07) is 8.81. The largest absolute Gasteiger partial charge is 0.492 e. The quantitative estimate of drug-likeness (QED) is 0.842. The second-order valence-corrected chi connectivity index (χ2v) is 8.55. The molecular weight excluding hydrogens is 368 g/mol. The third-order valence-electron chi connectivity index (χ3n) is 6.69. The van der Waals surface area contributed by atoms with Crippen molar-refractivity contribution in [2.45, 2.75) is 62.6 Å². The molecule has 1 saturated heterocycles. The minimum Gasteiger partial charge on any atom is -0.492 e. The monoisotopic (exact) mass is 402 g/mol. The molecule has 3 aliphatic heterocycles. The Morgan fingerprint density at radius 3 is 2.83 bits per heavy atom. The molecule has 2 fully saturated rings. The molecule has 1 aromatic carbocycles. The molecule has 4 aliphatic rings. The molecule has 5 rings (SSSR count). The van der Waals surface area contributed by atoms with E-state index in [2.05, 4.69) is 34.5 Å². The maximum Gasteiger partial charge on any atom is 0.246 e. The molecule has 6 heteroatoms. The van der Waals surface area contributed by atoms with Crippen LogP contribution in [-0.4, -0.2) is 69.0 Å². The number of nitrogens with zero attached hydrogens (tertiary/aromatic N) is 1. The van der Waals surface area contributed by atoms with Gasteiger partial charge in [0, 0.05) is 19.7 Å². The molecular formula is C23H34N2O4. The van der Waals surface area contributed by atoms with Gasteiger partial charge in [-0.15, -0.1) is 0 Å². The Morgan fingerprint density at radius 1 is 1.17 bits per heavy atom. The van der Waals surface area contributed by atoms with Gasteiger partial charge < -0.3 is 19.5 Å². The van der Waals surface area contributed by atoms with E-state index in [0.29, 0.717) is 25.2 Å². The lowest BCUT2D eigenvalue weighted by atomic mass is 9.82. The van der Waals surface area contributed by atoms with Gasteiger partial charge in [0.15, 0.2) is 0 Å². The number of para-hydroxylation sites is 1. The van der Waals surface area contributed by atoms with Crippen molar-refractivity contribution < 1.29 is 19.0 Å². The Kier molecular flexibility index (Phi) is 7.06. The summed E-state index contributed by atoms with van der Waals surface area (Å²) in [5.74, 6) is 1.55. The van der Waals surface area contributed by atoms with Gasteiger partial charge >= 0.3 is 0 Å². The number of carbonyl (C=O) groups is 1. The number of benzene rings is 1. The fraction of sp³-hybridized carbons (Fsp3) is 0.696. The number of carbonyl (C=O) groups excluding carboxylic acids is 1. The van der Waals surface area contributed by atoms with Crippen LogP contribution in [-0.2, 0) is 14.3 Å². The van der Waals surface area contributed by atoms with Gasteiger partial charge in [-0.2, -0.15) is 0 Å². The zero-order valence-electron chi connectivity index (χ0n) is 17.5. The van der Waals surface area contributed by atoms with Crippen LogP contribution in [0.1, 0.15) is 50.0 Å². The summed E-state index contributed by atoms with van der Waals surface area (Å²) in [7, 11) is 1.56. The van der Waals surface area contributed by atoms with Gasteiger partial charge in [0.05, 0.1) is 18.8 Å². The summed E-state index contributed by atoms with van der Waals surface area (Å²) >= 11 is 0. The lowest BCUT2D eigenvalue weighted by Crippen LogP contribution is -2.58. The fourth-order valence-electron chi connectivity index (χ4n) is 5.17. The van der Waals surface area contributed by atoms with E-state index in [0.717, 1.165) is 57.4 Å². The van der Waals surface area contributed by atoms with Crippen LogP contribution in [0.15, 0.2) is 24.3 Å². The number of piperidine rings is 1. The van der Waals surface area contributed by atoms with Gasteiger partial charge in [0.2, 0.25) is 5.91 Å². The molecule has 0 spiro atoms. The highest BCUT2D eigenvalue weighted by Crippen LogP contribution is 2.38. The Hall–Kier alpha value is -1.63. The highest BCUT2D eigenvalue weighted by atomic mass is 16.5. The van der Waals surface area contributed by atoms with Crippen LogP contribution in [0, 0.1) is 0 Å². The number of methoxy groups -OCH3 is 1. The smallest absolute Gasteiger partial charge is 0.246 e.